The van der Waals surface area contributed by atoms with Gasteiger partial charge in [0.2, 0.25) is 0 Å². The van der Waals surface area contributed by atoms with Gasteiger partial charge in [-0.05, 0) is 12.1 Å². The first-order valence-electron chi connectivity index (χ1n) is 7.30. The lowest BCUT2D eigenvalue weighted by molar-refractivity contribution is 0.0946. The molecule has 0 aliphatic carbocycles. The number of carbonyl (C=O) groups is 1. The molecule has 120 valence electrons. The quantitative estimate of drug-likeness (QED) is 0.622. The number of nitrogens with zero attached hydrogens (tertiary/aromatic N) is 5. The summed E-state index contributed by atoms with van der Waals surface area (Å²) < 4.78 is 16.8. The summed E-state index contributed by atoms with van der Waals surface area (Å²) in [5, 5.41) is 2.78. The number of amides is 1. The number of hydrogen-bond acceptors (Lipinski definition) is 4. The lowest BCUT2D eigenvalue weighted by Crippen LogP contribution is -2.26. The highest BCUT2D eigenvalue weighted by atomic mass is 19.1. The van der Waals surface area contributed by atoms with Crippen molar-refractivity contribution >= 4 is 22.6 Å². The number of benzene rings is 1. The fourth-order valence-electron chi connectivity index (χ4n) is 2.64. The SMILES string of the molecule is Cn1c(CNC(=O)c2nccn3ccnc23)nc2cc(F)ccc21. The molecule has 0 saturated heterocycles. The minimum Gasteiger partial charge on any atom is -0.343 e. The number of aryl methyl sites for hydroxylation is 1. The molecule has 1 aromatic carbocycles. The Balaban J connectivity index is 1.60. The molecule has 3 aromatic heterocycles. The minimum atomic E-state index is -0.343. The summed E-state index contributed by atoms with van der Waals surface area (Å²) in [6, 6.07) is 4.42. The molecule has 0 unspecified atom stereocenters. The highest BCUT2D eigenvalue weighted by Crippen LogP contribution is 2.16. The molecule has 0 atom stereocenters. The zero-order valence-electron chi connectivity index (χ0n) is 12.8. The van der Waals surface area contributed by atoms with Crippen molar-refractivity contribution in [2.75, 3.05) is 0 Å². The third-order valence-electron chi connectivity index (χ3n) is 3.87. The molecule has 24 heavy (non-hydrogen) atoms. The number of nitrogens with one attached hydrogen (secondary N) is 1. The molecule has 4 aromatic rings. The van der Waals surface area contributed by atoms with Crippen LogP contribution in [0.5, 0.6) is 0 Å². The number of aromatic nitrogens is 5. The molecule has 3 heterocycles. The van der Waals surface area contributed by atoms with E-state index in [0.29, 0.717) is 17.0 Å². The molecular weight excluding hydrogens is 311 g/mol. The van der Waals surface area contributed by atoms with Crippen LogP contribution in [-0.4, -0.2) is 29.8 Å². The second-order valence-electron chi connectivity index (χ2n) is 5.34. The molecule has 8 heteroatoms. The van der Waals surface area contributed by atoms with Crippen LogP contribution in [0, 0.1) is 5.82 Å². The predicted molar refractivity (Wildman–Crippen MR) is 84.8 cm³/mol. The van der Waals surface area contributed by atoms with E-state index in [9.17, 15) is 9.18 Å². The lowest BCUT2D eigenvalue weighted by atomic mass is 10.3. The molecule has 1 N–H and O–H groups in total. The van der Waals surface area contributed by atoms with Gasteiger partial charge >= 0.3 is 0 Å². The van der Waals surface area contributed by atoms with Crippen LogP contribution in [0.1, 0.15) is 16.3 Å². The van der Waals surface area contributed by atoms with Gasteiger partial charge in [0.05, 0.1) is 17.6 Å². The number of fused-ring (bicyclic) bond motifs is 2. The summed E-state index contributed by atoms with van der Waals surface area (Å²) in [5.41, 5.74) is 2.08. The Morgan fingerprint density at radius 2 is 2.04 bits per heavy atom. The van der Waals surface area contributed by atoms with Gasteiger partial charge in [0.15, 0.2) is 11.3 Å². The zero-order chi connectivity index (χ0) is 16.7. The van der Waals surface area contributed by atoms with Gasteiger partial charge in [-0.3, -0.25) is 4.79 Å². The van der Waals surface area contributed by atoms with E-state index in [-0.39, 0.29) is 24.0 Å². The Kier molecular flexibility index (Phi) is 3.23. The first-order valence-corrected chi connectivity index (χ1v) is 7.30. The molecule has 0 fully saturated rings. The molecule has 1 amide bonds. The average molecular weight is 324 g/mol. The van der Waals surface area contributed by atoms with Crippen molar-refractivity contribution in [1.82, 2.24) is 29.2 Å². The maximum absolute atomic E-state index is 13.3. The van der Waals surface area contributed by atoms with Crippen LogP contribution in [0.2, 0.25) is 0 Å². The number of rotatable bonds is 3. The van der Waals surface area contributed by atoms with Crippen molar-refractivity contribution < 1.29 is 9.18 Å². The summed E-state index contributed by atoms with van der Waals surface area (Å²) in [7, 11) is 1.82. The van der Waals surface area contributed by atoms with Gasteiger partial charge in [-0.1, -0.05) is 0 Å². The van der Waals surface area contributed by atoms with E-state index >= 15 is 0 Å². The maximum atomic E-state index is 13.3. The molecule has 4 rings (SSSR count). The Morgan fingerprint density at radius 3 is 2.88 bits per heavy atom. The molecule has 0 aliphatic heterocycles. The molecular formula is C16H13FN6O. The Labute approximate surface area is 135 Å². The molecule has 0 saturated carbocycles. The van der Waals surface area contributed by atoms with Crippen molar-refractivity contribution in [3.63, 3.8) is 0 Å². The van der Waals surface area contributed by atoms with E-state index in [1.165, 1.54) is 12.1 Å². The normalized spacial score (nSPS) is 11.2. The monoisotopic (exact) mass is 324 g/mol. The van der Waals surface area contributed by atoms with E-state index < -0.39 is 0 Å². The van der Waals surface area contributed by atoms with Crippen molar-refractivity contribution in [3.05, 3.63) is 60.3 Å². The fourth-order valence-corrected chi connectivity index (χ4v) is 2.64. The predicted octanol–water partition coefficient (Wildman–Crippen LogP) is 1.69. The van der Waals surface area contributed by atoms with Crippen LogP contribution in [-0.2, 0) is 13.6 Å². The Bertz CT molecular complexity index is 1070. The van der Waals surface area contributed by atoms with E-state index in [1.54, 1.807) is 35.3 Å². The van der Waals surface area contributed by atoms with Crippen molar-refractivity contribution in [3.8, 4) is 0 Å². The summed E-state index contributed by atoms with van der Waals surface area (Å²) in [5.74, 6) is -0.0596. The Morgan fingerprint density at radius 1 is 1.25 bits per heavy atom. The third-order valence-corrected chi connectivity index (χ3v) is 3.87. The minimum absolute atomic E-state index is 0.203. The Hall–Kier alpha value is -3.29. The summed E-state index contributed by atoms with van der Waals surface area (Å²) in [4.78, 5) is 25.0. The van der Waals surface area contributed by atoms with Crippen LogP contribution in [0.25, 0.3) is 16.7 Å². The second kappa shape index (κ2) is 5.41. The number of imidazole rings is 2. The first-order chi connectivity index (χ1) is 11.6. The van der Waals surface area contributed by atoms with Crippen LogP contribution in [0.15, 0.2) is 43.0 Å². The largest absolute Gasteiger partial charge is 0.343 e. The van der Waals surface area contributed by atoms with Crippen LogP contribution < -0.4 is 5.32 Å². The summed E-state index contributed by atoms with van der Waals surface area (Å²) in [6.45, 7) is 0.203. The number of carbonyl (C=O) groups excluding carboxylic acids is 1. The second-order valence-corrected chi connectivity index (χ2v) is 5.34. The molecule has 0 aliphatic rings. The van der Waals surface area contributed by atoms with Gasteiger partial charge in [-0.15, -0.1) is 0 Å². The maximum Gasteiger partial charge on any atom is 0.274 e. The van der Waals surface area contributed by atoms with Crippen LogP contribution in [0.3, 0.4) is 0 Å². The fraction of sp³-hybridized carbons (Fsp3) is 0.125. The van der Waals surface area contributed by atoms with Gasteiger partial charge in [0, 0.05) is 37.9 Å². The molecule has 0 spiro atoms. The third kappa shape index (κ3) is 2.28. The van der Waals surface area contributed by atoms with Crippen molar-refractivity contribution in [2.24, 2.45) is 7.05 Å². The topological polar surface area (TPSA) is 77.1 Å². The van der Waals surface area contributed by atoms with Gasteiger partial charge in [0.1, 0.15) is 11.6 Å². The first kappa shape index (κ1) is 14.3. The summed E-state index contributed by atoms with van der Waals surface area (Å²) >= 11 is 0. The highest BCUT2D eigenvalue weighted by molar-refractivity contribution is 5.97. The number of halogens is 1. The summed E-state index contributed by atoms with van der Waals surface area (Å²) in [6.07, 6.45) is 6.61. The van der Waals surface area contributed by atoms with Crippen LogP contribution in [0.4, 0.5) is 4.39 Å². The van der Waals surface area contributed by atoms with Crippen molar-refractivity contribution in [1.29, 1.82) is 0 Å². The molecule has 0 radical (unpaired) electrons. The highest BCUT2D eigenvalue weighted by Gasteiger charge is 2.15. The molecule has 7 nitrogen and oxygen atoms in total. The van der Waals surface area contributed by atoms with Crippen molar-refractivity contribution in [2.45, 2.75) is 6.54 Å². The van der Waals surface area contributed by atoms with Crippen LogP contribution >= 0.6 is 0 Å². The van der Waals surface area contributed by atoms with Gasteiger partial charge in [-0.2, -0.15) is 0 Å². The van der Waals surface area contributed by atoms with Gasteiger partial charge in [-0.25, -0.2) is 19.3 Å². The van der Waals surface area contributed by atoms with E-state index in [2.05, 4.69) is 20.3 Å². The smallest absolute Gasteiger partial charge is 0.274 e. The van der Waals surface area contributed by atoms with E-state index in [1.807, 2.05) is 11.6 Å². The molecule has 0 bridgehead atoms. The average Bonchev–Trinajstić information content (AvgIpc) is 3.17. The van der Waals surface area contributed by atoms with E-state index in [4.69, 9.17) is 0 Å². The van der Waals surface area contributed by atoms with E-state index in [0.717, 1.165) is 5.52 Å². The zero-order valence-corrected chi connectivity index (χ0v) is 12.8. The standard InChI is InChI=1S/C16H13FN6O/c1-22-12-3-2-10(17)8-11(12)21-13(22)9-20-16(24)14-15-19-5-7-23(15)6-4-18-14/h2-8H,9H2,1H3,(H,20,24). The van der Waals surface area contributed by atoms with Gasteiger partial charge in [0.25, 0.3) is 5.91 Å². The lowest BCUT2D eigenvalue weighted by Gasteiger charge is -2.06. The van der Waals surface area contributed by atoms with Gasteiger partial charge < -0.3 is 14.3 Å². The number of hydrogen-bond donors (Lipinski definition) is 1.